The van der Waals surface area contributed by atoms with E-state index in [1.54, 1.807) is 7.11 Å². The van der Waals surface area contributed by atoms with Crippen molar-refractivity contribution < 1.29 is 4.74 Å². The minimum Gasteiger partial charge on any atom is -0.496 e. The van der Waals surface area contributed by atoms with E-state index in [0.29, 0.717) is 0 Å². The minimum absolute atomic E-state index is 0.854. The van der Waals surface area contributed by atoms with Crippen LogP contribution in [0.3, 0.4) is 0 Å². The molecule has 0 saturated carbocycles. The van der Waals surface area contributed by atoms with Gasteiger partial charge < -0.3 is 15.4 Å². The van der Waals surface area contributed by atoms with Crippen LogP contribution >= 0.6 is 15.9 Å². The molecule has 1 aromatic rings. The standard InChI is InChI=1S/C11H17BrN2O/c1-3-13-6-7-14-9-4-5-11(15-2)10(12)8-9/h4-5,8,13-14H,3,6-7H2,1-2H3. The van der Waals surface area contributed by atoms with Crippen molar-refractivity contribution >= 4 is 21.6 Å². The highest BCUT2D eigenvalue weighted by Gasteiger charge is 2.00. The van der Waals surface area contributed by atoms with E-state index >= 15 is 0 Å². The van der Waals surface area contributed by atoms with E-state index in [4.69, 9.17) is 4.74 Å². The van der Waals surface area contributed by atoms with Gasteiger partial charge in [0.05, 0.1) is 11.6 Å². The highest BCUT2D eigenvalue weighted by molar-refractivity contribution is 9.10. The number of methoxy groups -OCH3 is 1. The molecule has 1 rings (SSSR count). The summed E-state index contributed by atoms with van der Waals surface area (Å²) >= 11 is 3.45. The fourth-order valence-electron chi connectivity index (χ4n) is 1.25. The first-order valence-corrected chi connectivity index (χ1v) is 5.85. The maximum Gasteiger partial charge on any atom is 0.133 e. The molecule has 4 heteroatoms. The lowest BCUT2D eigenvalue weighted by molar-refractivity contribution is 0.412. The van der Waals surface area contributed by atoms with Crippen molar-refractivity contribution in [2.24, 2.45) is 0 Å². The van der Waals surface area contributed by atoms with Crippen LogP contribution in [0.5, 0.6) is 5.75 Å². The molecule has 0 atom stereocenters. The lowest BCUT2D eigenvalue weighted by Crippen LogP contribution is -2.21. The van der Waals surface area contributed by atoms with Crippen LogP contribution in [-0.2, 0) is 0 Å². The van der Waals surface area contributed by atoms with Crippen molar-refractivity contribution in [2.45, 2.75) is 6.92 Å². The molecule has 0 aliphatic rings. The molecule has 84 valence electrons. The highest BCUT2D eigenvalue weighted by atomic mass is 79.9. The Morgan fingerprint density at radius 3 is 2.73 bits per heavy atom. The van der Waals surface area contributed by atoms with Gasteiger partial charge in [0.25, 0.3) is 0 Å². The SMILES string of the molecule is CCNCCNc1ccc(OC)c(Br)c1. The lowest BCUT2D eigenvalue weighted by atomic mass is 10.3. The van der Waals surface area contributed by atoms with E-state index in [1.165, 1.54) is 0 Å². The Balaban J connectivity index is 2.45. The zero-order valence-corrected chi connectivity index (χ0v) is 10.7. The van der Waals surface area contributed by atoms with Crippen LogP contribution in [0.25, 0.3) is 0 Å². The first-order valence-electron chi connectivity index (χ1n) is 5.06. The van der Waals surface area contributed by atoms with Gasteiger partial charge in [0, 0.05) is 18.8 Å². The van der Waals surface area contributed by atoms with E-state index in [1.807, 2.05) is 18.2 Å². The number of ether oxygens (including phenoxy) is 1. The Kier molecular flexibility index (Phi) is 5.50. The molecule has 0 aliphatic carbocycles. The van der Waals surface area contributed by atoms with Crippen LogP contribution in [0, 0.1) is 0 Å². The van der Waals surface area contributed by atoms with Crippen LogP contribution in [-0.4, -0.2) is 26.7 Å². The number of benzene rings is 1. The summed E-state index contributed by atoms with van der Waals surface area (Å²) in [5, 5.41) is 6.58. The van der Waals surface area contributed by atoms with Crippen LogP contribution in [0.1, 0.15) is 6.92 Å². The second kappa shape index (κ2) is 6.69. The molecular weight excluding hydrogens is 256 g/mol. The highest BCUT2D eigenvalue weighted by Crippen LogP contribution is 2.27. The van der Waals surface area contributed by atoms with Crippen molar-refractivity contribution in [3.05, 3.63) is 22.7 Å². The first kappa shape index (κ1) is 12.3. The van der Waals surface area contributed by atoms with Crippen molar-refractivity contribution in [3.8, 4) is 5.75 Å². The average molecular weight is 273 g/mol. The van der Waals surface area contributed by atoms with Gasteiger partial charge in [-0.3, -0.25) is 0 Å². The van der Waals surface area contributed by atoms with Crippen molar-refractivity contribution in [2.75, 3.05) is 32.1 Å². The number of hydrogen-bond acceptors (Lipinski definition) is 3. The van der Waals surface area contributed by atoms with Gasteiger partial charge >= 0.3 is 0 Å². The quantitative estimate of drug-likeness (QED) is 0.781. The average Bonchev–Trinajstić information content (AvgIpc) is 2.25. The summed E-state index contributed by atoms with van der Waals surface area (Å²) in [5.74, 6) is 0.854. The van der Waals surface area contributed by atoms with E-state index in [0.717, 1.165) is 35.5 Å². The van der Waals surface area contributed by atoms with Gasteiger partial charge in [-0.25, -0.2) is 0 Å². The molecule has 0 aromatic heterocycles. The minimum atomic E-state index is 0.854. The largest absolute Gasteiger partial charge is 0.496 e. The Morgan fingerprint density at radius 1 is 1.33 bits per heavy atom. The molecular formula is C11H17BrN2O. The van der Waals surface area contributed by atoms with Crippen LogP contribution in [0.2, 0.25) is 0 Å². The monoisotopic (exact) mass is 272 g/mol. The lowest BCUT2D eigenvalue weighted by Gasteiger charge is -2.09. The molecule has 0 unspecified atom stereocenters. The first-order chi connectivity index (χ1) is 7.27. The molecule has 0 fully saturated rings. The summed E-state index contributed by atoms with van der Waals surface area (Å²) in [5.41, 5.74) is 1.10. The second-order valence-electron chi connectivity index (χ2n) is 3.13. The summed E-state index contributed by atoms with van der Waals surface area (Å²) in [6.07, 6.45) is 0. The summed E-state index contributed by atoms with van der Waals surface area (Å²) in [4.78, 5) is 0. The normalized spacial score (nSPS) is 10.1. The van der Waals surface area contributed by atoms with E-state index in [-0.39, 0.29) is 0 Å². The van der Waals surface area contributed by atoms with Crippen molar-refractivity contribution in [1.29, 1.82) is 0 Å². The molecule has 0 radical (unpaired) electrons. The van der Waals surface area contributed by atoms with Gasteiger partial charge in [-0.15, -0.1) is 0 Å². The van der Waals surface area contributed by atoms with E-state index in [9.17, 15) is 0 Å². The molecule has 0 spiro atoms. The van der Waals surface area contributed by atoms with E-state index in [2.05, 4.69) is 33.5 Å². The predicted molar refractivity (Wildman–Crippen MR) is 67.7 cm³/mol. The topological polar surface area (TPSA) is 33.3 Å². The summed E-state index contributed by atoms with van der Waals surface area (Å²) in [7, 11) is 1.67. The molecule has 0 saturated heterocycles. The number of halogens is 1. The van der Waals surface area contributed by atoms with Crippen molar-refractivity contribution in [1.82, 2.24) is 5.32 Å². The summed E-state index contributed by atoms with van der Waals surface area (Å²) in [6, 6.07) is 5.97. The smallest absolute Gasteiger partial charge is 0.133 e. The Hall–Kier alpha value is -0.740. The van der Waals surface area contributed by atoms with Gasteiger partial charge in [-0.2, -0.15) is 0 Å². The zero-order chi connectivity index (χ0) is 11.1. The molecule has 15 heavy (non-hydrogen) atoms. The number of rotatable bonds is 6. The van der Waals surface area contributed by atoms with Crippen LogP contribution in [0.15, 0.2) is 22.7 Å². The third-order valence-electron chi connectivity index (χ3n) is 2.03. The van der Waals surface area contributed by atoms with E-state index < -0.39 is 0 Å². The predicted octanol–water partition coefficient (Wildman–Crippen LogP) is 2.48. The third kappa shape index (κ3) is 4.10. The third-order valence-corrected chi connectivity index (χ3v) is 2.65. The molecule has 0 bridgehead atoms. The van der Waals surface area contributed by atoms with Gasteiger partial charge in [0.15, 0.2) is 0 Å². The fraction of sp³-hybridized carbons (Fsp3) is 0.455. The maximum absolute atomic E-state index is 5.16. The molecule has 0 heterocycles. The Bertz CT molecular complexity index is 305. The second-order valence-corrected chi connectivity index (χ2v) is 3.98. The zero-order valence-electron chi connectivity index (χ0n) is 9.14. The van der Waals surface area contributed by atoms with Crippen molar-refractivity contribution in [3.63, 3.8) is 0 Å². The molecule has 2 N–H and O–H groups in total. The number of hydrogen-bond donors (Lipinski definition) is 2. The van der Waals surface area contributed by atoms with Gasteiger partial charge in [0.1, 0.15) is 5.75 Å². The summed E-state index contributed by atoms with van der Waals surface area (Å²) in [6.45, 7) is 5.00. The number of nitrogens with one attached hydrogen (secondary N) is 2. The molecule has 1 aromatic carbocycles. The Morgan fingerprint density at radius 2 is 2.13 bits per heavy atom. The fourth-order valence-corrected chi connectivity index (χ4v) is 1.79. The van der Waals surface area contributed by atoms with Gasteiger partial charge in [-0.05, 0) is 40.7 Å². The number of anilines is 1. The number of likely N-dealkylation sites (N-methyl/N-ethyl adjacent to an activating group) is 1. The van der Waals surface area contributed by atoms with Gasteiger partial charge in [-0.1, -0.05) is 6.92 Å². The van der Waals surface area contributed by atoms with Crippen LogP contribution < -0.4 is 15.4 Å². The summed E-state index contributed by atoms with van der Waals surface area (Å²) < 4.78 is 6.13. The van der Waals surface area contributed by atoms with Crippen LogP contribution in [0.4, 0.5) is 5.69 Å². The maximum atomic E-state index is 5.16. The Labute approximate surface area is 99.3 Å². The van der Waals surface area contributed by atoms with Gasteiger partial charge in [0.2, 0.25) is 0 Å². The molecule has 0 amide bonds. The molecule has 0 aliphatic heterocycles. The molecule has 3 nitrogen and oxygen atoms in total.